The van der Waals surface area contributed by atoms with Crippen molar-refractivity contribution in [3.8, 4) is 0 Å². The zero-order valence-electron chi connectivity index (χ0n) is 13.3. The van der Waals surface area contributed by atoms with Crippen LogP contribution in [0.15, 0.2) is 35.9 Å². The second-order valence-corrected chi connectivity index (χ2v) is 6.20. The van der Waals surface area contributed by atoms with Crippen LogP contribution in [0.4, 0.5) is 0 Å². The number of hydrogen-bond acceptors (Lipinski definition) is 2. The summed E-state index contributed by atoms with van der Waals surface area (Å²) in [5.74, 6) is 1.42. The Hall–Kier alpha value is -1.61. The Kier molecular flexibility index (Phi) is 5.57. The monoisotopic (exact) mass is 286 g/mol. The van der Waals surface area contributed by atoms with E-state index in [2.05, 4.69) is 30.6 Å². The predicted octanol–water partition coefficient (Wildman–Crippen LogP) is 3.13. The van der Waals surface area contributed by atoms with Gasteiger partial charge in [-0.3, -0.25) is 4.79 Å². The van der Waals surface area contributed by atoms with Crippen LogP contribution in [0.2, 0.25) is 0 Å². The van der Waals surface area contributed by atoms with Crippen LogP contribution in [0, 0.1) is 11.8 Å². The number of benzene rings is 1. The fourth-order valence-corrected chi connectivity index (χ4v) is 3.18. The molecule has 0 bridgehead atoms. The Labute approximate surface area is 127 Å². The van der Waals surface area contributed by atoms with Crippen LogP contribution in [-0.2, 0) is 6.54 Å². The van der Waals surface area contributed by atoms with Gasteiger partial charge in [0.2, 0.25) is 0 Å². The Balaban J connectivity index is 1.78. The van der Waals surface area contributed by atoms with E-state index >= 15 is 0 Å². The number of nitrogens with one attached hydrogen (secondary N) is 2. The molecule has 1 aromatic carbocycles. The number of carbonyl (C=O) groups excluding carboxylic acids is 1. The largest absolute Gasteiger partial charge is 0.355 e. The zero-order valence-corrected chi connectivity index (χ0v) is 13.3. The Morgan fingerprint density at radius 3 is 2.62 bits per heavy atom. The van der Waals surface area contributed by atoms with Gasteiger partial charge in [-0.2, -0.15) is 0 Å². The third-order valence-corrected chi connectivity index (χ3v) is 4.09. The molecule has 2 unspecified atom stereocenters. The molecule has 21 heavy (non-hydrogen) atoms. The first-order valence-electron chi connectivity index (χ1n) is 7.77. The summed E-state index contributed by atoms with van der Waals surface area (Å²) >= 11 is 0. The van der Waals surface area contributed by atoms with Gasteiger partial charge in [0.1, 0.15) is 0 Å². The van der Waals surface area contributed by atoms with Gasteiger partial charge in [-0.1, -0.05) is 30.7 Å². The lowest BCUT2D eigenvalue weighted by Gasteiger charge is -2.25. The Morgan fingerprint density at radius 1 is 1.29 bits per heavy atom. The number of carbonyl (C=O) groups is 1. The average Bonchev–Trinajstić information content (AvgIpc) is 2.46. The lowest BCUT2D eigenvalue weighted by atomic mass is 9.84. The van der Waals surface area contributed by atoms with Crippen molar-refractivity contribution >= 4 is 5.91 Å². The molecule has 0 spiro atoms. The molecule has 0 saturated heterocycles. The lowest BCUT2D eigenvalue weighted by Crippen LogP contribution is -2.26. The van der Waals surface area contributed by atoms with E-state index in [1.54, 1.807) is 7.05 Å². The maximum atomic E-state index is 11.5. The molecule has 3 nitrogen and oxygen atoms in total. The second kappa shape index (κ2) is 7.41. The van der Waals surface area contributed by atoms with Crippen LogP contribution in [0.25, 0.3) is 0 Å². The minimum Gasteiger partial charge on any atom is -0.355 e. The van der Waals surface area contributed by atoms with E-state index in [0.29, 0.717) is 11.5 Å². The molecule has 2 atom stereocenters. The molecule has 0 saturated carbocycles. The first-order chi connectivity index (χ1) is 10.1. The molecule has 0 heterocycles. The highest BCUT2D eigenvalue weighted by molar-refractivity contribution is 5.93. The lowest BCUT2D eigenvalue weighted by molar-refractivity contribution is 0.0963. The van der Waals surface area contributed by atoms with Gasteiger partial charge >= 0.3 is 0 Å². The van der Waals surface area contributed by atoms with Crippen molar-refractivity contribution < 1.29 is 4.79 Å². The van der Waals surface area contributed by atoms with Gasteiger partial charge in [0.25, 0.3) is 5.91 Å². The molecule has 0 fully saturated rings. The number of amides is 1. The molecular formula is C18H26N2O. The summed E-state index contributed by atoms with van der Waals surface area (Å²) < 4.78 is 0. The van der Waals surface area contributed by atoms with Gasteiger partial charge in [0.05, 0.1) is 0 Å². The van der Waals surface area contributed by atoms with Crippen LogP contribution >= 0.6 is 0 Å². The summed E-state index contributed by atoms with van der Waals surface area (Å²) in [5, 5.41) is 6.18. The fourth-order valence-electron chi connectivity index (χ4n) is 3.18. The molecule has 1 amide bonds. The predicted molar refractivity (Wildman–Crippen MR) is 87.2 cm³/mol. The van der Waals surface area contributed by atoms with Gasteiger partial charge in [-0.15, -0.1) is 0 Å². The Bertz CT molecular complexity index is 504. The van der Waals surface area contributed by atoms with Crippen LogP contribution < -0.4 is 10.6 Å². The normalized spacial score (nSPS) is 21.8. The Morgan fingerprint density at radius 2 is 2.00 bits per heavy atom. The first-order valence-corrected chi connectivity index (χ1v) is 7.77. The third kappa shape index (κ3) is 4.71. The molecule has 1 aliphatic rings. The van der Waals surface area contributed by atoms with E-state index in [9.17, 15) is 4.79 Å². The number of hydrogen-bond donors (Lipinski definition) is 2. The van der Waals surface area contributed by atoms with E-state index < -0.39 is 0 Å². The fraction of sp³-hybridized carbons (Fsp3) is 0.500. The van der Waals surface area contributed by atoms with Crippen LogP contribution in [0.3, 0.4) is 0 Å². The highest BCUT2D eigenvalue weighted by Crippen LogP contribution is 2.27. The molecule has 3 heteroatoms. The van der Waals surface area contributed by atoms with Crippen molar-refractivity contribution in [1.29, 1.82) is 0 Å². The minimum atomic E-state index is -0.0343. The van der Waals surface area contributed by atoms with Gasteiger partial charge in [-0.05, 0) is 55.8 Å². The minimum absolute atomic E-state index is 0.0343. The molecular weight excluding hydrogens is 260 g/mol. The van der Waals surface area contributed by atoms with Crippen molar-refractivity contribution in [2.75, 3.05) is 13.6 Å². The highest BCUT2D eigenvalue weighted by atomic mass is 16.1. The summed E-state index contributed by atoms with van der Waals surface area (Å²) in [6, 6.07) is 7.80. The quantitative estimate of drug-likeness (QED) is 0.817. The van der Waals surface area contributed by atoms with Gasteiger partial charge in [0.15, 0.2) is 0 Å². The molecule has 1 aliphatic carbocycles. The van der Waals surface area contributed by atoms with Crippen molar-refractivity contribution in [2.45, 2.75) is 33.2 Å². The van der Waals surface area contributed by atoms with Crippen molar-refractivity contribution in [3.63, 3.8) is 0 Å². The molecule has 2 rings (SSSR count). The van der Waals surface area contributed by atoms with E-state index in [1.807, 2.05) is 24.3 Å². The summed E-state index contributed by atoms with van der Waals surface area (Å²) in [6.07, 6.45) is 4.89. The molecule has 2 N–H and O–H groups in total. The summed E-state index contributed by atoms with van der Waals surface area (Å²) in [7, 11) is 1.65. The standard InChI is InChI=1S/C18H26N2O/c1-13-8-14(2)10-16(9-13)12-20-11-15-4-6-17(7-5-15)18(21)19-3/h4-8,13,16,20H,9-12H2,1-3H3,(H,19,21). The number of rotatable bonds is 5. The van der Waals surface area contributed by atoms with E-state index in [4.69, 9.17) is 0 Å². The third-order valence-electron chi connectivity index (χ3n) is 4.09. The second-order valence-electron chi connectivity index (χ2n) is 6.20. The van der Waals surface area contributed by atoms with Crippen molar-refractivity contribution in [3.05, 3.63) is 47.0 Å². The van der Waals surface area contributed by atoms with Crippen molar-refractivity contribution in [2.24, 2.45) is 11.8 Å². The molecule has 0 radical (unpaired) electrons. The van der Waals surface area contributed by atoms with Gasteiger partial charge in [-0.25, -0.2) is 0 Å². The van der Waals surface area contributed by atoms with Gasteiger partial charge in [0, 0.05) is 19.2 Å². The maximum absolute atomic E-state index is 11.5. The number of allylic oxidation sites excluding steroid dienone is 2. The van der Waals surface area contributed by atoms with Crippen LogP contribution in [0.5, 0.6) is 0 Å². The smallest absolute Gasteiger partial charge is 0.251 e. The average molecular weight is 286 g/mol. The van der Waals surface area contributed by atoms with Crippen LogP contribution in [0.1, 0.15) is 42.6 Å². The summed E-state index contributed by atoms with van der Waals surface area (Å²) in [6.45, 7) is 6.46. The van der Waals surface area contributed by atoms with E-state index in [-0.39, 0.29) is 5.91 Å². The first kappa shape index (κ1) is 15.8. The SMILES string of the molecule is CNC(=O)c1ccc(CNCC2CC(C)=CC(C)C2)cc1. The van der Waals surface area contributed by atoms with E-state index in [1.165, 1.54) is 24.0 Å². The summed E-state index contributed by atoms with van der Waals surface area (Å²) in [5.41, 5.74) is 3.46. The zero-order chi connectivity index (χ0) is 15.2. The maximum Gasteiger partial charge on any atom is 0.251 e. The molecule has 114 valence electrons. The topological polar surface area (TPSA) is 41.1 Å². The molecule has 0 aliphatic heterocycles. The summed E-state index contributed by atoms with van der Waals surface area (Å²) in [4.78, 5) is 11.5. The molecule has 0 aromatic heterocycles. The van der Waals surface area contributed by atoms with Gasteiger partial charge < -0.3 is 10.6 Å². The molecule has 1 aromatic rings. The highest BCUT2D eigenvalue weighted by Gasteiger charge is 2.17. The van der Waals surface area contributed by atoms with Crippen LogP contribution in [-0.4, -0.2) is 19.5 Å². The van der Waals surface area contributed by atoms with E-state index in [0.717, 1.165) is 19.0 Å². The van der Waals surface area contributed by atoms with Crippen molar-refractivity contribution in [1.82, 2.24) is 10.6 Å².